The molecule has 9 heteroatoms. The van der Waals surface area contributed by atoms with Crippen molar-refractivity contribution in [1.29, 1.82) is 0 Å². The largest absolute Gasteiger partial charge is 0.473 e. The van der Waals surface area contributed by atoms with Crippen LogP contribution in [0.1, 0.15) is 35.9 Å². The van der Waals surface area contributed by atoms with Crippen LogP contribution in [0.5, 0.6) is 0 Å². The first-order chi connectivity index (χ1) is 15.9. The Morgan fingerprint density at radius 1 is 1.06 bits per heavy atom. The predicted octanol–water partition coefficient (Wildman–Crippen LogP) is 3.52. The minimum atomic E-state index is -1.82. The van der Waals surface area contributed by atoms with Gasteiger partial charge in [-0.05, 0) is 48.9 Å². The first kappa shape index (κ1) is 23.2. The molecule has 1 unspecified atom stereocenters. The van der Waals surface area contributed by atoms with Gasteiger partial charge in [0.1, 0.15) is 11.9 Å². The van der Waals surface area contributed by atoms with Gasteiger partial charge in [0.15, 0.2) is 0 Å². The number of hydrogen-bond acceptors (Lipinski definition) is 6. The molecular formula is C24H27N3O5S. The Morgan fingerprint density at radius 3 is 2.45 bits per heavy atom. The topological polar surface area (TPSA) is 105 Å². The molecule has 174 valence electrons. The number of aromatic nitrogens is 2. The number of benzene rings is 1. The zero-order valence-electron chi connectivity index (χ0n) is 18.4. The number of piperidine rings is 1. The molecule has 2 aliphatic heterocycles. The lowest BCUT2D eigenvalue weighted by molar-refractivity contribution is -0.159. The van der Waals surface area contributed by atoms with Gasteiger partial charge in [-0.1, -0.05) is 30.3 Å². The van der Waals surface area contributed by atoms with Crippen LogP contribution in [-0.4, -0.2) is 62.8 Å². The highest BCUT2D eigenvalue weighted by Crippen LogP contribution is 2.36. The average Bonchev–Trinajstić information content (AvgIpc) is 3.46. The molecule has 2 aliphatic rings. The van der Waals surface area contributed by atoms with Crippen LogP contribution < -0.4 is 0 Å². The first-order valence-corrected chi connectivity index (χ1v) is 11.8. The molecule has 0 saturated carbocycles. The summed E-state index contributed by atoms with van der Waals surface area (Å²) in [6.07, 6.45) is 5.63. The Bertz CT molecular complexity index is 1090. The molecular weight excluding hydrogens is 442 g/mol. The number of ether oxygens (including phenoxy) is 1. The zero-order valence-corrected chi connectivity index (χ0v) is 19.2. The zero-order chi connectivity index (χ0) is 23.4. The molecule has 1 saturated heterocycles. The number of nitrogens with zero attached hydrogens (tertiary/aromatic N) is 3. The molecule has 3 aromatic rings. The normalized spacial score (nSPS) is 18.4. The lowest BCUT2D eigenvalue weighted by Gasteiger charge is -2.32. The lowest BCUT2D eigenvalue weighted by atomic mass is 10.00. The van der Waals surface area contributed by atoms with E-state index < -0.39 is 11.9 Å². The molecule has 0 amide bonds. The summed E-state index contributed by atoms with van der Waals surface area (Å²) in [6, 6.07) is 13.0. The van der Waals surface area contributed by atoms with Crippen molar-refractivity contribution in [2.75, 3.05) is 20.1 Å². The molecule has 1 atom stereocenters. The summed E-state index contributed by atoms with van der Waals surface area (Å²) in [7, 11) is 2.19. The highest BCUT2D eigenvalue weighted by Gasteiger charge is 2.30. The summed E-state index contributed by atoms with van der Waals surface area (Å²) in [5, 5.41) is 16.9. The van der Waals surface area contributed by atoms with Crippen LogP contribution in [-0.2, 0) is 27.3 Å². The molecule has 2 N–H and O–H groups in total. The molecule has 2 aromatic heterocycles. The Kier molecular flexibility index (Phi) is 7.22. The minimum Gasteiger partial charge on any atom is -0.473 e. The fourth-order valence-electron chi connectivity index (χ4n) is 4.21. The van der Waals surface area contributed by atoms with E-state index in [0.717, 1.165) is 50.4 Å². The average molecular weight is 470 g/mol. The summed E-state index contributed by atoms with van der Waals surface area (Å²) >= 11 is 1.75. The number of likely N-dealkylation sites (tertiary alicyclic amines) is 1. The van der Waals surface area contributed by atoms with Gasteiger partial charge in [0.2, 0.25) is 0 Å². The number of carboxylic acid groups (broad SMARTS) is 2. The van der Waals surface area contributed by atoms with Crippen LogP contribution >= 0.6 is 11.3 Å². The van der Waals surface area contributed by atoms with Crippen molar-refractivity contribution in [1.82, 2.24) is 14.5 Å². The van der Waals surface area contributed by atoms with Gasteiger partial charge in [0, 0.05) is 25.8 Å². The molecule has 8 nitrogen and oxygen atoms in total. The van der Waals surface area contributed by atoms with E-state index in [9.17, 15) is 0 Å². The summed E-state index contributed by atoms with van der Waals surface area (Å²) in [4.78, 5) is 26.9. The monoisotopic (exact) mass is 469 g/mol. The first-order valence-electron chi connectivity index (χ1n) is 10.9. The Balaban J connectivity index is 0.000000385. The number of thiophene rings is 1. The molecule has 33 heavy (non-hydrogen) atoms. The van der Waals surface area contributed by atoms with Gasteiger partial charge in [-0.3, -0.25) is 0 Å². The van der Waals surface area contributed by atoms with E-state index in [4.69, 9.17) is 29.5 Å². The van der Waals surface area contributed by atoms with Gasteiger partial charge in [0.05, 0.1) is 16.7 Å². The Hall–Kier alpha value is -3.01. The summed E-state index contributed by atoms with van der Waals surface area (Å²) in [6.45, 7) is 3.17. The fourth-order valence-corrected chi connectivity index (χ4v) is 4.89. The van der Waals surface area contributed by atoms with Crippen LogP contribution in [0.15, 0.2) is 48.0 Å². The van der Waals surface area contributed by atoms with Gasteiger partial charge < -0.3 is 24.4 Å². The van der Waals surface area contributed by atoms with Crippen LogP contribution in [0, 0.1) is 0 Å². The number of carboxylic acids is 2. The second-order valence-electron chi connectivity index (χ2n) is 8.23. The fraction of sp³-hybridized carbons (Fsp3) is 0.375. The third-order valence-electron chi connectivity index (χ3n) is 5.95. The standard InChI is InChI=1S/C22H25N3OS.C2H2O4/c1-24-11-9-17(10-12-24)26-21-18-6-3-2-5-16(18)8-13-25-15-19(23-22(21)25)20-7-4-14-27-20;3-1(4)2(5)6/h2-7,14-15,17,21H,8-13H2,1H3;(H,3,4)(H,5,6). The smallest absolute Gasteiger partial charge is 0.414 e. The summed E-state index contributed by atoms with van der Waals surface area (Å²) < 4.78 is 9.05. The van der Waals surface area contributed by atoms with E-state index in [0.29, 0.717) is 6.10 Å². The molecule has 0 radical (unpaired) electrons. The second-order valence-corrected chi connectivity index (χ2v) is 9.18. The van der Waals surface area contributed by atoms with Gasteiger partial charge in [0.25, 0.3) is 0 Å². The quantitative estimate of drug-likeness (QED) is 0.566. The maximum atomic E-state index is 9.10. The van der Waals surface area contributed by atoms with E-state index in [-0.39, 0.29) is 6.10 Å². The summed E-state index contributed by atoms with van der Waals surface area (Å²) in [5.41, 5.74) is 3.74. The Labute approximate surface area is 196 Å². The van der Waals surface area contributed by atoms with Gasteiger partial charge in [-0.15, -0.1) is 11.3 Å². The third-order valence-corrected chi connectivity index (χ3v) is 6.84. The molecule has 4 heterocycles. The van der Waals surface area contributed by atoms with E-state index in [1.54, 1.807) is 11.3 Å². The number of fused-ring (bicyclic) bond motifs is 2. The van der Waals surface area contributed by atoms with Gasteiger partial charge in [-0.2, -0.15) is 0 Å². The van der Waals surface area contributed by atoms with Gasteiger partial charge >= 0.3 is 11.9 Å². The van der Waals surface area contributed by atoms with Crippen LogP contribution in [0.4, 0.5) is 0 Å². The number of carbonyl (C=O) groups is 2. The maximum absolute atomic E-state index is 9.10. The summed E-state index contributed by atoms with van der Waals surface area (Å²) in [5.74, 6) is -2.59. The molecule has 0 bridgehead atoms. The number of hydrogen-bond donors (Lipinski definition) is 2. The van der Waals surface area contributed by atoms with E-state index in [1.807, 2.05) is 0 Å². The highest BCUT2D eigenvalue weighted by molar-refractivity contribution is 7.13. The Morgan fingerprint density at radius 2 is 1.79 bits per heavy atom. The minimum absolute atomic E-state index is 0.0779. The van der Waals surface area contributed by atoms with Crippen molar-refractivity contribution in [3.8, 4) is 10.6 Å². The van der Waals surface area contributed by atoms with E-state index in [1.165, 1.54) is 16.0 Å². The van der Waals surface area contributed by atoms with Crippen LogP contribution in [0.3, 0.4) is 0 Å². The van der Waals surface area contributed by atoms with Crippen molar-refractivity contribution in [3.63, 3.8) is 0 Å². The number of rotatable bonds is 3. The van der Waals surface area contributed by atoms with Crippen molar-refractivity contribution in [3.05, 3.63) is 64.9 Å². The van der Waals surface area contributed by atoms with Crippen molar-refractivity contribution < 1.29 is 24.5 Å². The van der Waals surface area contributed by atoms with Crippen molar-refractivity contribution >= 4 is 23.3 Å². The maximum Gasteiger partial charge on any atom is 0.414 e. The van der Waals surface area contributed by atoms with E-state index >= 15 is 0 Å². The number of imidazole rings is 1. The second kappa shape index (κ2) is 10.3. The number of aryl methyl sites for hydroxylation is 2. The molecule has 0 aliphatic carbocycles. The highest BCUT2D eigenvalue weighted by atomic mass is 32.1. The van der Waals surface area contributed by atoms with E-state index in [2.05, 4.69) is 64.5 Å². The lowest BCUT2D eigenvalue weighted by Crippen LogP contribution is -2.35. The molecule has 1 fully saturated rings. The van der Waals surface area contributed by atoms with Crippen LogP contribution in [0.2, 0.25) is 0 Å². The molecule has 5 rings (SSSR count). The molecule has 1 aromatic carbocycles. The predicted molar refractivity (Wildman–Crippen MR) is 124 cm³/mol. The number of aliphatic carboxylic acids is 2. The SMILES string of the molecule is CN1CCC(OC2c3ccccc3CCn3cc(-c4cccs4)nc32)CC1.O=C(O)C(=O)O. The molecule has 0 spiro atoms. The van der Waals surface area contributed by atoms with Crippen LogP contribution in [0.25, 0.3) is 10.6 Å². The van der Waals surface area contributed by atoms with Crippen molar-refractivity contribution in [2.24, 2.45) is 0 Å². The van der Waals surface area contributed by atoms with Gasteiger partial charge in [-0.25, -0.2) is 14.6 Å². The third kappa shape index (κ3) is 5.50. The van der Waals surface area contributed by atoms with Crippen molar-refractivity contribution in [2.45, 2.75) is 38.0 Å².